The number of carboxylic acids is 1. The summed E-state index contributed by atoms with van der Waals surface area (Å²) in [6.07, 6.45) is 0.0405. The SMILES string of the molecule is C=C(C)C[C@@H](NC(=O)c1cc(F)cc(F)c1)C(=O)O. The number of rotatable bonds is 5. The lowest BCUT2D eigenvalue weighted by molar-refractivity contribution is -0.139. The molecule has 0 aliphatic carbocycles. The molecule has 6 heteroatoms. The lowest BCUT2D eigenvalue weighted by atomic mass is 10.1. The van der Waals surface area contributed by atoms with Crippen LogP contribution < -0.4 is 5.32 Å². The lowest BCUT2D eigenvalue weighted by Crippen LogP contribution is -2.40. The second kappa shape index (κ2) is 6.08. The summed E-state index contributed by atoms with van der Waals surface area (Å²) in [5.41, 5.74) is 0.295. The van der Waals surface area contributed by atoms with Gasteiger partial charge in [-0.1, -0.05) is 5.57 Å². The van der Waals surface area contributed by atoms with Crippen molar-refractivity contribution in [2.24, 2.45) is 0 Å². The average molecular weight is 269 g/mol. The van der Waals surface area contributed by atoms with Gasteiger partial charge >= 0.3 is 5.97 Å². The number of amides is 1. The van der Waals surface area contributed by atoms with E-state index in [1.54, 1.807) is 6.92 Å². The molecule has 1 amide bonds. The van der Waals surface area contributed by atoms with Gasteiger partial charge in [0.2, 0.25) is 0 Å². The molecular weight excluding hydrogens is 256 g/mol. The quantitative estimate of drug-likeness (QED) is 0.804. The summed E-state index contributed by atoms with van der Waals surface area (Å²) in [6.45, 7) is 5.17. The minimum atomic E-state index is -1.24. The molecule has 1 atom stereocenters. The van der Waals surface area contributed by atoms with Crippen LogP contribution in [0.1, 0.15) is 23.7 Å². The monoisotopic (exact) mass is 269 g/mol. The van der Waals surface area contributed by atoms with Crippen molar-refractivity contribution < 1.29 is 23.5 Å². The van der Waals surface area contributed by atoms with Crippen molar-refractivity contribution in [3.8, 4) is 0 Å². The van der Waals surface area contributed by atoms with Gasteiger partial charge in [-0.25, -0.2) is 13.6 Å². The smallest absolute Gasteiger partial charge is 0.326 e. The molecule has 0 bridgehead atoms. The molecule has 0 fully saturated rings. The highest BCUT2D eigenvalue weighted by Crippen LogP contribution is 2.09. The molecule has 4 nitrogen and oxygen atoms in total. The van der Waals surface area contributed by atoms with E-state index in [9.17, 15) is 18.4 Å². The van der Waals surface area contributed by atoms with Crippen molar-refractivity contribution in [2.45, 2.75) is 19.4 Å². The van der Waals surface area contributed by atoms with Gasteiger partial charge in [0.1, 0.15) is 17.7 Å². The summed E-state index contributed by atoms with van der Waals surface area (Å²) >= 11 is 0. The van der Waals surface area contributed by atoms with Gasteiger partial charge in [-0.05, 0) is 25.5 Å². The van der Waals surface area contributed by atoms with Gasteiger partial charge in [0.05, 0.1) is 0 Å². The Morgan fingerprint density at radius 1 is 1.32 bits per heavy atom. The van der Waals surface area contributed by atoms with Crippen molar-refractivity contribution in [3.63, 3.8) is 0 Å². The Hall–Kier alpha value is -2.24. The predicted octanol–water partition coefficient (Wildman–Crippen LogP) is 2.11. The maximum atomic E-state index is 12.9. The number of hydrogen-bond donors (Lipinski definition) is 2. The molecule has 0 spiro atoms. The fourth-order valence-electron chi connectivity index (χ4n) is 1.48. The number of carbonyl (C=O) groups excluding carboxylic acids is 1. The Kier molecular flexibility index (Phi) is 4.74. The van der Waals surface area contributed by atoms with Crippen LogP contribution in [-0.2, 0) is 4.79 Å². The number of hydrogen-bond acceptors (Lipinski definition) is 2. The summed E-state index contributed by atoms with van der Waals surface area (Å²) in [5.74, 6) is -3.91. The first-order valence-corrected chi connectivity index (χ1v) is 5.43. The summed E-state index contributed by atoms with van der Waals surface area (Å²) in [6, 6.07) is 1.10. The Bertz CT molecular complexity index is 508. The van der Waals surface area contributed by atoms with Crippen LogP contribution in [0, 0.1) is 11.6 Å². The van der Waals surface area contributed by atoms with E-state index in [1.807, 2.05) is 0 Å². The maximum Gasteiger partial charge on any atom is 0.326 e. The first kappa shape index (κ1) is 14.8. The van der Waals surface area contributed by atoms with Gasteiger partial charge in [-0.3, -0.25) is 4.79 Å². The normalized spacial score (nSPS) is 11.7. The lowest BCUT2D eigenvalue weighted by Gasteiger charge is -2.14. The summed E-state index contributed by atoms with van der Waals surface area (Å²) in [7, 11) is 0. The first-order chi connectivity index (χ1) is 8.79. The van der Waals surface area contributed by atoms with E-state index in [4.69, 9.17) is 5.11 Å². The summed E-state index contributed by atoms with van der Waals surface area (Å²) in [4.78, 5) is 22.6. The highest BCUT2D eigenvalue weighted by atomic mass is 19.1. The summed E-state index contributed by atoms with van der Waals surface area (Å²) in [5, 5.41) is 11.1. The Morgan fingerprint density at radius 3 is 2.26 bits per heavy atom. The fraction of sp³-hybridized carbons (Fsp3) is 0.231. The molecule has 0 aliphatic heterocycles. The third-order valence-electron chi connectivity index (χ3n) is 2.28. The molecule has 0 saturated heterocycles. The standard InChI is InChI=1S/C13H13F2NO3/c1-7(2)3-11(13(18)19)16-12(17)8-4-9(14)6-10(15)5-8/h4-6,11H,1,3H2,2H3,(H,16,17)(H,18,19)/t11-/m1/s1. The molecule has 2 N–H and O–H groups in total. The van der Waals surface area contributed by atoms with Crippen LogP contribution in [0.3, 0.4) is 0 Å². The Morgan fingerprint density at radius 2 is 1.84 bits per heavy atom. The maximum absolute atomic E-state index is 12.9. The number of carbonyl (C=O) groups is 2. The van der Waals surface area contributed by atoms with Crippen molar-refractivity contribution in [2.75, 3.05) is 0 Å². The third-order valence-corrected chi connectivity index (χ3v) is 2.28. The molecule has 1 rings (SSSR count). The highest BCUT2D eigenvalue weighted by Gasteiger charge is 2.21. The number of benzene rings is 1. The van der Waals surface area contributed by atoms with Gasteiger partial charge < -0.3 is 10.4 Å². The summed E-state index contributed by atoms with van der Waals surface area (Å²) < 4.78 is 25.9. The molecule has 1 aromatic carbocycles. The molecule has 0 radical (unpaired) electrons. The number of nitrogens with one attached hydrogen (secondary N) is 1. The topological polar surface area (TPSA) is 66.4 Å². The minimum absolute atomic E-state index is 0.0405. The number of halogens is 2. The minimum Gasteiger partial charge on any atom is -0.480 e. The second-order valence-corrected chi connectivity index (χ2v) is 4.18. The fourth-order valence-corrected chi connectivity index (χ4v) is 1.48. The number of aliphatic carboxylic acids is 1. The van der Waals surface area contributed by atoms with Crippen LogP contribution in [0.2, 0.25) is 0 Å². The molecule has 0 aliphatic rings. The molecule has 0 unspecified atom stereocenters. The second-order valence-electron chi connectivity index (χ2n) is 4.18. The van der Waals surface area contributed by atoms with E-state index in [-0.39, 0.29) is 12.0 Å². The van der Waals surface area contributed by atoms with E-state index >= 15 is 0 Å². The van der Waals surface area contributed by atoms with Crippen molar-refractivity contribution in [1.29, 1.82) is 0 Å². The molecule has 0 aromatic heterocycles. The van der Waals surface area contributed by atoms with E-state index in [0.29, 0.717) is 11.6 Å². The van der Waals surface area contributed by atoms with Crippen LogP contribution in [0.4, 0.5) is 8.78 Å². The van der Waals surface area contributed by atoms with Crippen LogP contribution in [0.15, 0.2) is 30.4 Å². The van der Waals surface area contributed by atoms with Gasteiger partial charge in [0.25, 0.3) is 5.91 Å². The molecule has 102 valence electrons. The van der Waals surface area contributed by atoms with Crippen molar-refractivity contribution in [3.05, 3.63) is 47.5 Å². The van der Waals surface area contributed by atoms with E-state index in [2.05, 4.69) is 11.9 Å². The molecular formula is C13H13F2NO3. The molecule has 19 heavy (non-hydrogen) atoms. The van der Waals surface area contributed by atoms with Gasteiger partial charge in [0.15, 0.2) is 0 Å². The van der Waals surface area contributed by atoms with Crippen LogP contribution >= 0.6 is 0 Å². The predicted molar refractivity (Wildman–Crippen MR) is 64.7 cm³/mol. The average Bonchev–Trinajstić information content (AvgIpc) is 2.25. The van der Waals surface area contributed by atoms with Crippen molar-refractivity contribution in [1.82, 2.24) is 5.32 Å². The third kappa shape index (κ3) is 4.50. The molecule has 1 aromatic rings. The largest absolute Gasteiger partial charge is 0.480 e. The van der Waals surface area contributed by atoms with Crippen LogP contribution in [0.5, 0.6) is 0 Å². The van der Waals surface area contributed by atoms with Gasteiger partial charge in [-0.15, -0.1) is 6.58 Å². The zero-order valence-corrected chi connectivity index (χ0v) is 10.2. The zero-order chi connectivity index (χ0) is 14.6. The molecule has 0 saturated carbocycles. The zero-order valence-electron chi connectivity index (χ0n) is 10.2. The van der Waals surface area contributed by atoms with E-state index < -0.39 is 29.6 Å². The first-order valence-electron chi connectivity index (χ1n) is 5.43. The van der Waals surface area contributed by atoms with Crippen LogP contribution in [0.25, 0.3) is 0 Å². The van der Waals surface area contributed by atoms with E-state index in [0.717, 1.165) is 12.1 Å². The van der Waals surface area contributed by atoms with Crippen molar-refractivity contribution >= 4 is 11.9 Å². The van der Waals surface area contributed by atoms with E-state index in [1.165, 1.54) is 0 Å². The Balaban J connectivity index is 2.87. The Labute approximate surface area is 108 Å². The van der Waals surface area contributed by atoms with Crippen LogP contribution in [-0.4, -0.2) is 23.0 Å². The number of carboxylic acid groups (broad SMARTS) is 1. The van der Waals surface area contributed by atoms with Gasteiger partial charge in [0, 0.05) is 11.6 Å². The van der Waals surface area contributed by atoms with Gasteiger partial charge in [-0.2, -0.15) is 0 Å². The molecule has 0 heterocycles. The highest BCUT2D eigenvalue weighted by molar-refractivity contribution is 5.96.